The largest absolute Gasteiger partial charge is 0.391 e. The van der Waals surface area contributed by atoms with E-state index in [4.69, 9.17) is 4.84 Å². The zero-order valence-corrected chi connectivity index (χ0v) is 8.19. The van der Waals surface area contributed by atoms with Crippen LogP contribution in [0.25, 0.3) is 0 Å². The van der Waals surface area contributed by atoms with Crippen molar-refractivity contribution in [2.45, 2.75) is 44.8 Å². The second-order valence-corrected chi connectivity index (χ2v) is 3.46. The maximum atomic E-state index is 11.4. The Morgan fingerprint density at radius 2 is 2.31 bits per heavy atom. The van der Waals surface area contributed by atoms with Crippen molar-refractivity contribution in [2.75, 3.05) is 7.11 Å². The van der Waals surface area contributed by atoms with Crippen LogP contribution in [0.15, 0.2) is 0 Å². The molecule has 1 amide bonds. The molecular formula is C9H17NO3. The summed E-state index contributed by atoms with van der Waals surface area (Å²) in [6, 6.07) is -0.181. The number of amides is 1. The van der Waals surface area contributed by atoms with Gasteiger partial charge < -0.3 is 5.11 Å². The van der Waals surface area contributed by atoms with Crippen molar-refractivity contribution < 1.29 is 14.7 Å². The van der Waals surface area contributed by atoms with Crippen LogP contribution in [0.4, 0.5) is 0 Å². The third-order valence-corrected chi connectivity index (χ3v) is 2.44. The molecule has 0 aliphatic carbocycles. The average Bonchev–Trinajstić information content (AvgIpc) is 2.26. The van der Waals surface area contributed by atoms with Crippen molar-refractivity contribution in [3.8, 4) is 0 Å². The molecule has 0 unspecified atom stereocenters. The Kier molecular flexibility index (Phi) is 3.69. The lowest BCUT2D eigenvalue weighted by Gasteiger charge is -2.29. The summed E-state index contributed by atoms with van der Waals surface area (Å²) in [5, 5.41) is 10.8. The third kappa shape index (κ3) is 2.42. The second-order valence-electron chi connectivity index (χ2n) is 3.46. The molecule has 0 radical (unpaired) electrons. The van der Waals surface area contributed by atoms with Crippen LogP contribution in [0.2, 0.25) is 0 Å². The summed E-state index contributed by atoms with van der Waals surface area (Å²) in [7, 11) is 1.47. The summed E-state index contributed by atoms with van der Waals surface area (Å²) in [5.41, 5.74) is 0. The first-order valence-electron chi connectivity index (χ1n) is 4.71. The minimum atomic E-state index is -0.526. The molecule has 0 saturated carbocycles. The minimum Gasteiger partial charge on any atom is -0.391 e. The fourth-order valence-electron chi connectivity index (χ4n) is 1.72. The quantitative estimate of drug-likeness (QED) is 0.692. The van der Waals surface area contributed by atoms with Gasteiger partial charge in [-0.1, -0.05) is 6.42 Å². The molecule has 13 heavy (non-hydrogen) atoms. The van der Waals surface area contributed by atoms with E-state index in [0.717, 1.165) is 19.3 Å². The normalized spacial score (nSPS) is 27.2. The van der Waals surface area contributed by atoms with Crippen molar-refractivity contribution in [3.63, 3.8) is 0 Å². The summed E-state index contributed by atoms with van der Waals surface area (Å²) in [6.45, 7) is 1.69. The maximum absolute atomic E-state index is 11.4. The number of hydroxylamine groups is 2. The van der Waals surface area contributed by atoms with Crippen LogP contribution in [-0.4, -0.2) is 35.3 Å². The van der Waals surface area contributed by atoms with Gasteiger partial charge in [0.1, 0.15) is 0 Å². The van der Waals surface area contributed by atoms with Crippen molar-refractivity contribution in [2.24, 2.45) is 0 Å². The van der Waals surface area contributed by atoms with E-state index in [2.05, 4.69) is 0 Å². The summed E-state index contributed by atoms with van der Waals surface area (Å²) in [6.07, 6.45) is 2.68. The molecule has 0 aromatic heterocycles. The molecule has 1 rings (SSSR count). The average molecular weight is 187 g/mol. The molecule has 1 N–H and O–H groups in total. The SMILES string of the molecule is CON1C(=O)CCCC[C@H]1[C@@H](C)O. The monoisotopic (exact) mass is 187 g/mol. The van der Waals surface area contributed by atoms with E-state index in [1.165, 1.54) is 12.2 Å². The minimum absolute atomic E-state index is 0.0223. The Balaban J connectivity index is 2.71. The molecule has 1 aliphatic rings. The van der Waals surface area contributed by atoms with E-state index in [0.29, 0.717) is 6.42 Å². The van der Waals surface area contributed by atoms with Crippen LogP contribution in [0.1, 0.15) is 32.6 Å². The zero-order chi connectivity index (χ0) is 9.84. The molecule has 0 aromatic carbocycles. The molecule has 0 aromatic rings. The molecule has 1 saturated heterocycles. The summed E-state index contributed by atoms with van der Waals surface area (Å²) < 4.78 is 0. The predicted molar refractivity (Wildman–Crippen MR) is 47.8 cm³/mol. The molecule has 2 atom stereocenters. The number of hydrogen-bond acceptors (Lipinski definition) is 3. The van der Waals surface area contributed by atoms with Gasteiger partial charge in [0.05, 0.1) is 19.3 Å². The van der Waals surface area contributed by atoms with E-state index in [1.807, 2.05) is 0 Å². The van der Waals surface area contributed by atoms with Gasteiger partial charge in [0.25, 0.3) is 0 Å². The maximum Gasteiger partial charge on any atom is 0.246 e. The van der Waals surface area contributed by atoms with Crippen molar-refractivity contribution in [3.05, 3.63) is 0 Å². The van der Waals surface area contributed by atoms with Crippen LogP contribution in [-0.2, 0) is 9.63 Å². The predicted octanol–water partition coefficient (Wildman–Crippen LogP) is 0.700. The standard InChI is InChI=1S/C9H17NO3/c1-7(11)8-5-3-4-6-9(12)10(8)13-2/h7-8,11H,3-6H2,1-2H3/t7-,8+/m1/s1. The van der Waals surface area contributed by atoms with Crippen molar-refractivity contribution >= 4 is 5.91 Å². The van der Waals surface area contributed by atoms with Crippen molar-refractivity contribution in [1.29, 1.82) is 0 Å². The van der Waals surface area contributed by atoms with Gasteiger partial charge in [0, 0.05) is 6.42 Å². The number of carbonyl (C=O) groups excluding carboxylic acids is 1. The van der Waals surface area contributed by atoms with E-state index in [-0.39, 0.29) is 11.9 Å². The van der Waals surface area contributed by atoms with Gasteiger partial charge in [0.2, 0.25) is 5.91 Å². The Bertz CT molecular complexity index is 182. The number of rotatable bonds is 2. The van der Waals surface area contributed by atoms with Crippen LogP contribution in [0.5, 0.6) is 0 Å². The van der Waals surface area contributed by atoms with Gasteiger partial charge in [-0.15, -0.1) is 0 Å². The number of hydrogen-bond donors (Lipinski definition) is 1. The summed E-state index contributed by atoms with van der Waals surface area (Å²) in [4.78, 5) is 16.4. The van der Waals surface area contributed by atoms with E-state index < -0.39 is 6.10 Å². The molecule has 1 fully saturated rings. The fraction of sp³-hybridized carbons (Fsp3) is 0.889. The lowest BCUT2D eigenvalue weighted by Crippen LogP contribution is -2.44. The van der Waals surface area contributed by atoms with E-state index in [1.54, 1.807) is 6.92 Å². The second kappa shape index (κ2) is 4.58. The molecule has 4 heteroatoms. The van der Waals surface area contributed by atoms with Crippen LogP contribution in [0, 0.1) is 0 Å². The van der Waals surface area contributed by atoms with E-state index in [9.17, 15) is 9.90 Å². The molecule has 76 valence electrons. The molecule has 1 aliphatic heterocycles. The van der Waals surface area contributed by atoms with Gasteiger partial charge in [-0.25, -0.2) is 5.06 Å². The number of aliphatic hydroxyl groups is 1. The number of aliphatic hydroxyl groups excluding tert-OH is 1. The molecular weight excluding hydrogens is 170 g/mol. The molecule has 1 heterocycles. The lowest BCUT2D eigenvalue weighted by molar-refractivity contribution is -0.196. The van der Waals surface area contributed by atoms with Crippen molar-refractivity contribution in [1.82, 2.24) is 5.06 Å². The van der Waals surface area contributed by atoms with Gasteiger partial charge in [-0.3, -0.25) is 9.63 Å². The highest BCUT2D eigenvalue weighted by Crippen LogP contribution is 2.20. The van der Waals surface area contributed by atoms with Gasteiger partial charge >= 0.3 is 0 Å². The molecule has 4 nitrogen and oxygen atoms in total. The van der Waals surface area contributed by atoms with Crippen LogP contribution in [0.3, 0.4) is 0 Å². The molecule has 0 spiro atoms. The first-order chi connectivity index (χ1) is 6.16. The zero-order valence-electron chi connectivity index (χ0n) is 8.19. The Hall–Kier alpha value is -0.610. The highest BCUT2D eigenvalue weighted by atomic mass is 16.7. The highest BCUT2D eigenvalue weighted by Gasteiger charge is 2.29. The topological polar surface area (TPSA) is 49.8 Å². The fourth-order valence-corrected chi connectivity index (χ4v) is 1.72. The third-order valence-electron chi connectivity index (χ3n) is 2.44. The highest BCUT2D eigenvalue weighted by molar-refractivity contribution is 5.75. The van der Waals surface area contributed by atoms with Gasteiger partial charge in [-0.2, -0.15) is 0 Å². The van der Waals surface area contributed by atoms with E-state index >= 15 is 0 Å². The Morgan fingerprint density at radius 3 is 2.85 bits per heavy atom. The first-order valence-corrected chi connectivity index (χ1v) is 4.71. The summed E-state index contributed by atoms with van der Waals surface area (Å²) in [5.74, 6) is -0.0223. The Morgan fingerprint density at radius 1 is 1.62 bits per heavy atom. The summed E-state index contributed by atoms with van der Waals surface area (Å²) >= 11 is 0. The smallest absolute Gasteiger partial charge is 0.246 e. The van der Waals surface area contributed by atoms with Crippen LogP contribution < -0.4 is 0 Å². The van der Waals surface area contributed by atoms with Gasteiger partial charge in [-0.05, 0) is 19.8 Å². The van der Waals surface area contributed by atoms with Gasteiger partial charge in [0.15, 0.2) is 0 Å². The molecule has 0 bridgehead atoms. The first kappa shape index (κ1) is 10.5. The van der Waals surface area contributed by atoms with Crippen LogP contribution >= 0.6 is 0 Å². The number of carbonyl (C=O) groups is 1. The Labute approximate surface area is 78.4 Å². The number of nitrogens with zero attached hydrogens (tertiary/aromatic N) is 1. The lowest BCUT2D eigenvalue weighted by atomic mass is 10.1.